The van der Waals surface area contributed by atoms with Crippen LogP contribution >= 0.6 is 11.6 Å². The smallest absolute Gasteiger partial charge is 0.422 e. The zero-order chi connectivity index (χ0) is 22.9. The number of anilines is 1. The Labute approximate surface area is 189 Å². The minimum absolute atomic E-state index is 0.0421. The van der Waals surface area contributed by atoms with E-state index in [-0.39, 0.29) is 41.0 Å². The van der Waals surface area contributed by atoms with Crippen molar-refractivity contribution in [2.75, 3.05) is 18.5 Å². The third-order valence-electron chi connectivity index (χ3n) is 6.66. The number of hydrogen-bond acceptors (Lipinski definition) is 3. The Hall–Kier alpha value is -2.16. The lowest BCUT2D eigenvalue weighted by Gasteiger charge is -2.56. The number of carbonyl (C=O) groups excluding carboxylic acids is 2. The summed E-state index contributed by atoms with van der Waals surface area (Å²) in [5.41, 5.74) is -0.0724. The first-order valence-electron chi connectivity index (χ1n) is 10.9. The molecule has 4 bridgehead atoms. The molecule has 0 aromatic heterocycles. The fourth-order valence-corrected chi connectivity index (χ4v) is 6.11. The molecule has 32 heavy (non-hydrogen) atoms. The molecule has 1 aromatic rings. The highest BCUT2D eigenvalue weighted by Crippen LogP contribution is 2.55. The maximum atomic E-state index is 12.4. The van der Waals surface area contributed by atoms with Crippen LogP contribution in [-0.4, -0.2) is 36.8 Å². The number of carbonyl (C=O) groups is 2. The Bertz CT molecular complexity index is 842. The monoisotopic (exact) mass is 473 g/mol. The molecule has 5 rings (SSSR count). The third-order valence-corrected chi connectivity index (χ3v) is 6.90. The molecule has 0 aliphatic heterocycles. The third kappa shape index (κ3) is 5.79. The fraction of sp³-hybridized carbons (Fsp3) is 0.636. The Balaban J connectivity index is 1.24. The molecule has 4 aliphatic carbocycles. The zero-order valence-electron chi connectivity index (χ0n) is 17.6. The number of halogens is 4. The summed E-state index contributed by atoms with van der Waals surface area (Å²) in [7, 11) is 0. The van der Waals surface area contributed by atoms with E-state index in [1.165, 1.54) is 37.5 Å². The summed E-state index contributed by atoms with van der Waals surface area (Å²) in [5, 5.41) is 8.64. The number of rotatable bonds is 7. The van der Waals surface area contributed by atoms with Gasteiger partial charge >= 0.3 is 12.2 Å². The van der Waals surface area contributed by atoms with Gasteiger partial charge in [-0.2, -0.15) is 13.2 Å². The summed E-state index contributed by atoms with van der Waals surface area (Å²) in [4.78, 5) is 24.7. The molecule has 0 radical (unpaired) electrons. The lowest BCUT2D eigenvalue weighted by atomic mass is 9.53. The Morgan fingerprint density at radius 3 is 2.31 bits per heavy atom. The van der Waals surface area contributed by atoms with E-state index in [4.69, 9.17) is 16.3 Å². The lowest BCUT2D eigenvalue weighted by Crippen LogP contribution is -2.61. The lowest BCUT2D eigenvalue weighted by molar-refractivity contribution is -0.153. The summed E-state index contributed by atoms with van der Waals surface area (Å²) in [6, 6.07) is 3.68. The van der Waals surface area contributed by atoms with Crippen molar-refractivity contribution >= 4 is 29.2 Å². The molecule has 0 atom stereocenters. The minimum Gasteiger partial charge on any atom is -0.482 e. The van der Waals surface area contributed by atoms with Gasteiger partial charge < -0.3 is 20.7 Å². The first-order valence-corrected chi connectivity index (χ1v) is 11.3. The second-order valence-corrected chi connectivity index (χ2v) is 9.86. The van der Waals surface area contributed by atoms with Crippen molar-refractivity contribution in [1.82, 2.24) is 10.6 Å². The van der Waals surface area contributed by atoms with E-state index < -0.39 is 18.7 Å². The summed E-state index contributed by atoms with van der Waals surface area (Å²) in [6.07, 6.45) is 2.38. The summed E-state index contributed by atoms with van der Waals surface area (Å²) in [5.74, 6) is 1.52. The molecule has 4 fully saturated rings. The van der Waals surface area contributed by atoms with Gasteiger partial charge in [-0.05, 0) is 74.5 Å². The van der Waals surface area contributed by atoms with Gasteiger partial charge in [0.05, 0.1) is 5.69 Å². The van der Waals surface area contributed by atoms with Crippen molar-refractivity contribution < 1.29 is 27.5 Å². The molecule has 4 aliphatic rings. The molecule has 0 unspecified atom stereocenters. The van der Waals surface area contributed by atoms with E-state index in [0.29, 0.717) is 17.8 Å². The standard InChI is InChI=1S/C22H27ClF3N3O3/c23-16-1-2-18(32-12-22(24,25)26)17(8-16)28-19(30)3-4-27-20(31)29-21-9-13-5-14(10-21)7-15(6-13)11-21/h1-2,8,13-15H,3-7,9-12H2,(H,28,30)(H2,27,29,31). The molecule has 10 heteroatoms. The first kappa shape index (κ1) is 23.0. The molecule has 1 aromatic carbocycles. The number of alkyl halides is 3. The van der Waals surface area contributed by atoms with Crippen molar-refractivity contribution in [3.63, 3.8) is 0 Å². The topological polar surface area (TPSA) is 79.5 Å². The average Bonchev–Trinajstić information content (AvgIpc) is 2.65. The first-order chi connectivity index (χ1) is 15.1. The summed E-state index contributed by atoms with van der Waals surface area (Å²) >= 11 is 5.89. The van der Waals surface area contributed by atoms with Crippen molar-refractivity contribution in [3.05, 3.63) is 23.2 Å². The van der Waals surface area contributed by atoms with Crippen LogP contribution in [0.1, 0.15) is 44.9 Å². The van der Waals surface area contributed by atoms with Gasteiger partial charge in [-0.3, -0.25) is 4.79 Å². The van der Waals surface area contributed by atoms with E-state index in [1.807, 2.05) is 0 Å². The van der Waals surface area contributed by atoms with E-state index in [2.05, 4.69) is 16.0 Å². The van der Waals surface area contributed by atoms with Crippen LogP contribution in [0.5, 0.6) is 5.75 Å². The van der Waals surface area contributed by atoms with Crippen LogP contribution in [0.15, 0.2) is 18.2 Å². The van der Waals surface area contributed by atoms with Crippen LogP contribution in [0.4, 0.5) is 23.7 Å². The van der Waals surface area contributed by atoms with Gasteiger partial charge in [-0.1, -0.05) is 11.6 Å². The average molecular weight is 474 g/mol. The zero-order valence-corrected chi connectivity index (χ0v) is 18.3. The van der Waals surface area contributed by atoms with Crippen LogP contribution < -0.4 is 20.7 Å². The van der Waals surface area contributed by atoms with Gasteiger partial charge in [0.25, 0.3) is 0 Å². The molecule has 0 heterocycles. The van der Waals surface area contributed by atoms with Gasteiger partial charge in [-0.15, -0.1) is 0 Å². The van der Waals surface area contributed by atoms with Crippen molar-refractivity contribution in [2.45, 2.75) is 56.7 Å². The highest BCUT2D eigenvalue weighted by molar-refractivity contribution is 6.31. The van der Waals surface area contributed by atoms with Crippen molar-refractivity contribution in [1.29, 1.82) is 0 Å². The van der Waals surface area contributed by atoms with Crippen LogP contribution in [0.3, 0.4) is 0 Å². The number of ether oxygens (including phenoxy) is 1. The van der Waals surface area contributed by atoms with Gasteiger partial charge in [0.15, 0.2) is 6.61 Å². The largest absolute Gasteiger partial charge is 0.482 e. The summed E-state index contributed by atoms with van der Waals surface area (Å²) in [6.45, 7) is -1.38. The van der Waals surface area contributed by atoms with Gasteiger partial charge in [0.1, 0.15) is 5.75 Å². The number of urea groups is 1. The number of amides is 3. The molecule has 3 N–H and O–H groups in total. The second-order valence-electron chi connectivity index (χ2n) is 9.42. The molecule has 0 saturated heterocycles. The van der Waals surface area contributed by atoms with Crippen LogP contribution in [-0.2, 0) is 4.79 Å². The fourth-order valence-electron chi connectivity index (χ4n) is 5.94. The quantitative estimate of drug-likeness (QED) is 0.528. The highest BCUT2D eigenvalue weighted by Gasteiger charge is 2.51. The predicted octanol–water partition coefficient (Wildman–Crippen LogP) is 4.88. The predicted molar refractivity (Wildman–Crippen MR) is 114 cm³/mol. The van der Waals surface area contributed by atoms with E-state index in [9.17, 15) is 22.8 Å². The van der Waals surface area contributed by atoms with E-state index >= 15 is 0 Å². The molecule has 176 valence electrons. The van der Waals surface area contributed by atoms with Gasteiger partial charge in [0, 0.05) is 23.5 Å². The number of benzene rings is 1. The molecule has 6 nitrogen and oxygen atoms in total. The van der Waals surface area contributed by atoms with Gasteiger partial charge in [-0.25, -0.2) is 4.79 Å². The molecular weight excluding hydrogens is 447 g/mol. The van der Waals surface area contributed by atoms with E-state index in [0.717, 1.165) is 19.3 Å². The Morgan fingerprint density at radius 1 is 1.09 bits per heavy atom. The van der Waals surface area contributed by atoms with Crippen LogP contribution in [0.2, 0.25) is 5.02 Å². The number of nitrogens with one attached hydrogen (secondary N) is 3. The second kappa shape index (κ2) is 9.00. The Morgan fingerprint density at radius 2 is 1.72 bits per heavy atom. The van der Waals surface area contributed by atoms with Gasteiger partial charge in [0.2, 0.25) is 5.91 Å². The highest BCUT2D eigenvalue weighted by atomic mass is 35.5. The van der Waals surface area contributed by atoms with E-state index in [1.54, 1.807) is 0 Å². The molecule has 0 spiro atoms. The normalized spacial score (nSPS) is 28.3. The Kier molecular flexibility index (Phi) is 6.47. The van der Waals surface area contributed by atoms with Crippen LogP contribution in [0.25, 0.3) is 0 Å². The SMILES string of the molecule is O=C(CCNC(=O)NC12CC3CC(CC(C3)C1)C2)Nc1cc(Cl)ccc1OCC(F)(F)F. The maximum absolute atomic E-state index is 12.4. The number of hydrogen-bond donors (Lipinski definition) is 3. The van der Waals surface area contributed by atoms with Crippen LogP contribution in [0, 0.1) is 17.8 Å². The van der Waals surface area contributed by atoms with Crippen molar-refractivity contribution in [3.8, 4) is 5.75 Å². The maximum Gasteiger partial charge on any atom is 0.422 e. The molecular formula is C22H27ClF3N3O3. The minimum atomic E-state index is -4.51. The van der Waals surface area contributed by atoms with Crippen molar-refractivity contribution in [2.24, 2.45) is 17.8 Å². The molecule has 4 saturated carbocycles. The molecule has 3 amide bonds. The summed E-state index contributed by atoms with van der Waals surface area (Å²) < 4.78 is 42.1.